The second kappa shape index (κ2) is 9.41. The molecule has 0 unspecified atom stereocenters. The Kier molecular flexibility index (Phi) is 6.82. The van der Waals surface area contributed by atoms with Gasteiger partial charge in [0.15, 0.2) is 6.61 Å². The van der Waals surface area contributed by atoms with Gasteiger partial charge in [-0.25, -0.2) is 13.9 Å². The maximum Gasteiger partial charge on any atom is 0.416 e. The fourth-order valence-electron chi connectivity index (χ4n) is 2.74. The summed E-state index contributed by atoms with van der Waals surface area (Å²) in [5.41, 5.74) is -2.33. The molecule has 3 rings (SSSR count). The summed E-state index contributed by atoms with van der Waals surface area (Å²) < 4.78 is 57.9. The number of hydrogen-bond donors (Lipinski definition) is 1. The average Bonchev–Trinajstić information content (AvgIpc) is 2.73. The van der Waals surface area contributed by atoms with Crippen molar-refractivity contribution in [3.63, 3.8) is 0 Å². The van der Waals surface area contributed by atoms with Crippen LogP contribution in [0.15, 0.2) is 53.3 Å². The SMILES string of the molecule is Cc1cc(=O)c(C(=O)OCC(=O)Nc2ccc(F)cc2Cl)nn1-c1cccc(C(F)(F)F)c1. The van der Waals surface area contributed by atoms with Crippen LogP contribution >= 0.6 is 11.6 Å². The highest BCUT2D eigenvalue weighted by atomic mass is 35.5. The van der Waals surface area contributed by atoms with Gasteiger partial charge >= 0.3 is 12.1 Å². The summed E-state index contributed by atoms with van der Waals surface area (Å²) in [5, 5.41) is 6.03. The van der Waals surface area contributed by atoms with Crippen molar-refractivity contribution in [3.8, 4) is 5.69 Å². The van der Waals surface area contributed by atoms with Crippen LogP contribution < -0.4 is 10.7 Å². The molecule has 0 saturated carbocycles. The van der Waals surface area contributed by atoms with E-state index < -0.39 is 47.2 Å². The Morgan fingerprint density at radius 1 is 1.15 bits per heavy atom. The summed E-state index contributed by atoms with van der Waals surface area (Å²) in [5.74, 6) is -2.71. The van der Waals surface area contributed by atoms with E-state index in [2.05, 4.69) is 10.4 Å². The summed E-state index contributed by atoms with van der Waals surface area (Å²) in [6.45, 7) is 0.592. The van der Waals surface area contributed by atoms with E-state index in [1.165, 1.54) is 19.1 Å². The van der Waals surface area contributed by atoms with Crippen molar-refractivity contribution in [1.29, 1.82) is 0 Å². The zero-order valence-electron chi connectivity index (χ0n) is 16.7. The number of esters is 1. The van der Waals surface area contributed by atoms with Crippen LogP contribution in [0.5, 0.6) is 0 Å². The van der Waals surface area contributed by atoms with Crippen molar-refractivity contribution >= 4 is 29.2 Å². The average molecular weight is 484 g/mol. The smallest absolute Gasteiger partial charge is 0.416 e. The van der Waals surface area contributed by atoms with E-state index in [9.17, 15) is 31.9 Å². The molecule has 0 aliphatic rings. The van der Waals surface area contributed by atoms with Crippen molar-refractivity contribution < 1.29 is 31.9 Å². The van der Waals surface area contributed by atoms with Gasteiger partial charge in [0, 0.05) is 11.8 Å². The lowest BCUT2D eigenvalue weighted by atomic mass is 10.2. The minimum atomic E-state index is -4.61. The van der Waals surface area contributed by atoms with Crippen LogP contribution in [0.1, 0.15) is 21.7 Å². The number of halogens is 5. The topological polar surface area (TPSA) is 90.3 Å². The fourth-order valence-corrected chi connectivity index (χ4v) is 2.96. The standard InChI is InChI=1S/C21H14ClF4N3O4/c1-11-7-17(30)19(28-29(11)14-4-2-3-12(8-14)21(24,25)26)20(32)33-10-18(31)27-16-6-5-13(23)9-15(16)22/h2-9H,10H2,1H3,(H,27,31). The molecular formula is C21H14ClF4N3O4. The predicted octanol–water partition coefficient (Wildman–Crippen LogP) is 4.15. The molecule has 0 atom stereocenters. The van der Waals surface area contributed by atoms with Gasteiger partial charge in [-0.1, -0.05) is 17.7 Å². The summed E-state index contributed by atoms with van der Waals surface area (Å²) in [6.07, 6.45) is -4.61. The number of carbonyl (C=O) groups is 2. The number of carbonyl (C=O) groups excluding carboxylic acids is 2. The molecule has 1 heterocycles. The molecule has 0 fully saturated rings. The van der Waals surface area contributed by atoms with E-state index in [1.807, 2.05) is 0 Å². The molecule has 3 aromatic rings. The maximum absolute atomic E-state index is 13.1. The third kappa shape index (κ3) is 5.75. The van der Waals surface area contributed by atoms with E-state index in [1.54, 1.807) is 0 Å². The van der Waals surface area contributed by atoms with Crippen LogP contribution in [0.4, 0.5) is 23.2 Å². The normalized spacial score (nSPS) is 11.2. The highest BCUT2D eigenvalue weighted by Gasteiger charge is 2.30. The Bertz CT molecular complexity index is 1290. The third-order valence-corrected chi connectivity index (χ3v) is 4.57. The lowest BCUT2D eigenvalue weighted by molar-refractivity contribution is -0.137. The van der Waals surface area contributed by atoms with Crippen LogP contribution in [0.25, 0.3) is 5.69 Å². The molecule has 1 aromatic heterocycles. The monoisotopic (exact) mass is 483 g/mol. The number of rotatable bonds is 5. The Hall–Kier alpha value is -3.73. The molecule has 1 N–H and O–H groups in total. The first-order chi connectivity index (χ1) is 15.5. The fraction of sp³-hybridized carbons (Fsp3) is 0.143. The number of benzene rings is 2. The number of hydrogen-bond acceptors (Lipinski definition) is 5. The predicted molar refractivity (Wildman–Crippen MR) is 110 cm³/mol. The molecule has 7 nitrogen and oxygen atoms in total. The third-order valence-electron chi connectivity index (χ3n) is 4.26. The van der Waals surface area contributed by atoms with Crippen molar-refractivity contribution in [1.82, 2.24) is 9.78 Å². The van der Waals surface area contributed by atoms with E-state index in [0.717, 1.165) is 41.1 Å². The number of nitrogens with one attached hydrogen (secondary N) is 1. The number of ether oxygens (including phenoxy) is 1. The minimum Gasteiger partial charge on any atom is -0.451 e. The number of anilines is 1. The van der Waals surface area contributed by atoms with Crippen molar-refractivity contribution in [2.45, 2.75) is 13.1 Å². The highest BCUT2D eigenvalue weighted by Crippen LogP contribution is 2.30. The van der Waals surface area contributed by atoms with Gasteiger partial charge in [0.05, 0.1) is 22.0 Å². The molecule has 1 amide bonds. The van der Waals surface area contributed by atoms with Crippen LogP contribution in [-0.4, -0.2) is 28.3 Å². The summed E-state index contributed by atoms with van der Waals surface area (Å²) in [4.78, 5) is 36.5. The molecule has 0 spiro atoms. The Morgan fingerprint density at radius 3 is 2.55 bits per heavy atom. The maximum atomic E-state index is 13.1. The Labute approximate surface area is 188 Å². The molecule has 0 bridgehead atoms. The number of amides is 1. The quantitative estimate of drug-likeness (QED) is 0.435. The van der Waals surface area contributed by atoms with Crippen molar-refractivity contribution in [2.24, 2.45) is 0 Å². The van der Waals surface area contributed by atoms with Gasteiger partial charge in [-0.15, -0.1) is 0 Å². The van der Waals surface area contributed by atoms with Crippen LogP contribution in [0.2, 0.25) is 5.02 Å². The second-order valence-corrected chi connectivity index (χ2v) is 7.11. The zero-order chi connectivity index (χ0) is 24.3. The molecule has 0 radical (unpaired) electrons. The van der Waals surface area contributed by atoms with Crippen LogP contribution in [-0.2, 0) is 15.7 Å². The first-order valence-electron chi connectivity index (χ1n) is 9.16. The molecular weight excluding hydrogens is 470 g/mol. The number of aryl methyl sites for hydroxylation is 1. The van der Waals surface area contributed by atoms with Gasteiger partial charge in [-0.3, -0.25) is 9.59 Å². The van der Waals surface area contributed by atoms with Gasteiger partial charge in [-0.2, -0.15) is 18.3 Å². The van der Waals surface area contributed by atoms with Crippen LogP contribution in [0, 0.1) is 12.7 Å². The molecule has 33 heavy (non-hydrogen) atoms. The first kappa shape index (κ1) is 23.9. The van der Waals surface area contributed by atoms with Gasteiger partial charge in [0.25, 0.3) is 5.91 Å². The van der Waals surface area contributed by atoms with Gasteiger partial charge in [0.2, 0.25) is 11.1 Å². The first-order valence-corrected chi connectivity index (χ1v) is 9.54. The van der Waals surface area contributed by atoms with E-state index in [4.69, 9.17) is 16.3 Å². The van der Waals surface area contributed by atoms with Gasteiger partial charge in [0.1, 0.15) is 5.82 Å². The highest BCUT2D eigenvalue weighted by molar-refractivity contribution is 6.33. The van der Waals surface area contributed by atoms with E-state index in [0.29, 0.717) is 0 Å². The zero-order valence-corrected chi connectivity index (χ0v) is 17.5. The Balaban J connectivity index is 1.78. The Morgan fingerprint density at radius 2 is 1.88 bits per heavy atom. The largest absolute Gasteiger partial charge is 0.451 e. The molecule has 0 aliphatic carbocycles. The van der Waals surface area contributed by atoms with Gasteiger partial charge in [-0.05, 0) is 43.3 Å². The number of alkyl halides is 3. The summed E-state index contributed by atoms with van der Waals surface area (Å²) in [6, 6.07) is 8.36. The van der Waals surface area contributed by atoms with Crippen LogP contribution in [0.3, 0.4) is 0 Å². The molecule has 12 heteroatoms. The molecule has 2 aromatic carbocycles. The van der Waals surface area contributed by atoms with Gasteiger partial charge < -0.3 is 10.1 Å². The van der Waals surface area contributed by atoms with Crippen molar-refractivity contribution in [3.05, 3.63) is 86.5 Å². The number of nitrogens with zero attached hydrogens (tertiary/aromatic N) is 2. The van der Waals surface area contributed by atoms with Crippen molar-refractivity contribution in [2.75, 3.05) is 11.9 Å². The summed E-state index contributed by atoms with van der Waals surface area (Å²) >= 11 is 5.80. The van der Waals surface area contributed by atoms with E-state index in [-0.39, 0.29) is 22.1 Å². The summed E-state index contributed by atoms with van der Waals surface area (Å²) in [7, 11) is 0. The number of aromatic nitrogens is 2. The lowest BCUT2D eigenvalue weighted by Crippen LogP contribution is -2.27. The minimum absolute atomic E-state index is 0.0416. The molecule has 0 saturated heterocycles. The second-order valence-electron chi connectivity index (χ2n) is 6.71. The molecule has 172 valence electrons. The lowest BCUT2D eigenvalue weighted by Gasteiger charge is -2.13. The van der Waals surface area contributed by atoms with E-state index >= 15 is 0 Å². The molecule has 0 aliphatic heterocycles.